The van der Waals surface area contributed by atoms with Gasteiger partial charge >= 0.3 is 0 Å². The Morgan fingerprint density at radius 1 is 0.846 bits per heavy atom. The highest BCUT2D eigenvalue weighted by atomic mass is 15.4. The second-order valence-electron chi connectivity index (χ2n) is 5.53. The lowest BCUT2D eigenvalue weighted by Gasteiger charge is -2.50. The number of hydrogen-bond donors (Lipinski definition) is 0. The van der Waals surface area contributed by atoms with Crippen molar-refractivity contribution in [1.29, 1.82) is 0 Å². The second-order valence-corrected chi connectivity index (χ2v) is 5.53. The van der Waals surface area contributed by atoms with Gasteiger partial charge in [0.2, 0.25) is 0 Å². The first-order valence-corrected chi connectivity index (χ1v) is 6.01. The van der Waals surface area contributed by atoms with Crippen molar-refractivity contribution in [1.82, 2.24) is 0 Å². The first-order valence-electron chi connectivity index (χ1n) is 6.01. The van der Waals surface area contributed by atoms with Crippen LogP contribution in [0.2, 0.25) is 0 Å². The topological polar surface area (TPSA) is 0 Å². The maximum Gasteiger partial charge on any atom is 0.0866 e. The van der Waals surface area contributed by atoms with Crippen LogP contribution < -0.4 is 0 Å². The first kappa shape index (κ1) is 9.51. The average molecular weight is 182 g/mol. The highest BCUT2D eigenvalue weighted by molar-refractivity contribution is 4.75. The molecule has 76 valence electrons. The van der Waals surface area contributed by atoms with Gasteiger partial charge in [0.05, 0.1) is 25.2 Å². The highest BCUT2D eigenvalue weighted by Crippen LogP contribution is 2.38. The standard InChI is InChI=1S/C12H24N/c1-10-8-11(2)13(12(3)9-10)6-4-5-7-13/h10-12H,4-9H2,1-3H3/q+1. The molecule has 0 aromatic rings. The van der Waals surface area contributed by atoms with Gasteiger partial charge in [0.15, 0.2) is 0 Å². The molecule has 2 atom stereocenters. The smallest absolute Gasteiger partial charge is 0.0866 e. The third kappa shape index (κ3) is 1.41. The van der Waals surface area contributed by atoms with E-state index in [2.05, 4.69) is 20.8 Å². The first-order chi connectivity index (χ1) is 6.15. The fourth-order valence-corrected chi connectivity index (χ4v) is 3.92. The van der Waals surface area contributed by atoms with Crippen molar-refractivity contribution in [3.8, 4) is 0 Å². The summed E-state index contributed by atoms with van der Waals surface area (Å²) in [6.07, 6.45) is 5.88. The van der Waals surface area contributed by atoms with Crippen molar-refractivity contribution >= 4 is 0 Å². The van der Waals surface area contributed by atoms with Crippen LogP contribution in [0.3, 0.4) is 0 Å². The molecule has 0 bridgehead atoms. The van der Waals surface area contributed by atoms with Gasteiger partial charge in [-0.15, -0.1) is 0 Å². The minimum absolute atomic E-state index is 0.932. The molecule has 1 nitrogen and oxygen atoms in total. The summed E-state index contributed by atoms with van der Waals surface area (Å²) >= 11 is 0. The van der Waals surface area contributed by atoms with Gasteiger partial charge in [-0.1, -0.05) is 6.92 Å². The number of nitrogens with zero attached hydrogens (tertiary/aromatic N) is 1. The molecule has 2 aliphatic rings. The van der Waals surface area contributed by atoms with Crippen LogP contribution in [0.5, 0.6) is 0 Å². The van der Waals surface area contributed by atoms with E-state index in [1.54, 1.807) is 0 Å². The average Bonchev–Trinajstić information content (AvgIpc) is 2.50. The van der Waals surface area contributed by atoms with Crippen LogP contribution in [0.1, 0.15) is 46.5 Å². The molecule has 0 aromatic heterocycles. The summed E-state index contributed by atoms with van der Waals surface area (Å²) in [7, 11) is 0. The zero-order valence-corrected chi connectivity index (χ0v) is 9.42. The van der Waals surface area contributed by atoms with E-state index in [4.69, 9.17) is 0 Å². The number of piperidine rings is 1. The zero-order valence-electron chi connectivity index (χ0n) is 9.42. The minimum Gasteiger partial charge on any atom is -0.319 e. The molecule has 2 aliphatic heterocycles. The van der Waals surface area contributed by atoms with Crippen molar-refractivity contribution in [2.45, 2.75) is 58.5 Å². The molecule has 0 N–H and O–H groups in total. The van der Waals surface area contributed by atoms with Gasteiger partial charge in [-0.3, -0.25) is 0 Å². The van der Waals surface area contributed by atoms with Gasteiger partial charge in [0.1, 0.15) is 0 Å². The Kier molecular flexibility index (Phi) is 2.39. The van der Waals surface area contributed by atoms with Crippen LogP contribution in [0.25, 0.3) is 0 Å². The zero-order chi connectivity index (χ0) is 9.47. The van der Waals surface area contributed by atoms with E-state index >= 15 is 0 Å². The van der Waals surface area contributed by atoms with Crippen molar-refractivity contribution in [3.05, 3.63) is 0 Å². The van der Waals surface area contributed by atoms with Crippen molar-refractivity contribution in [2.24, 2.45) is 5.92 Å². The van der Waals surface area contributed by atoms with Crippen LogP contribution in [0, 0.1) is 5.92 Å². The molecule has 0 amide bonds. The van der Waals surface area contributed by atoms with Gasteiger partial charge in [0, 0.05) is 25.7 Å². The second kappa shape index (κ2) is 3.27. The molecule has 0 saturated carbocycles. The SMILES string of the molecule is CC1CC(C)[N+]2(CCCC2)C(C)C1. The van der Waals surface area contributed by atoms with Crippen molar-refractivity contribution in [2.75, 3.05) is 13.1 Å². The van der Waals surface area contributed by atoms with E-state index in [1.165, 1.54) is 43.3 Å². The third-order valence-electron chi connectivity index (χ3n) is 4.64. The molecule has 2 heterocycles. The lowest BCUT2D eigenvalue weighted by atomic mass is 9.86. The van der Waals surface area contributed by atoms with E-state index < -0.39 is 0 Å². The van der Waals surface area contributed by atoms with Gasteiger partial charge < -0.3 is 4.48 Å². The molecule has 13 heavy (non-hydrogen) atoms. The number of quaternary nitrogens is 1. The van der Waals surface area contributed by atoms with Crippen LogP contribution in [0.15, 0.2) is 0 Å². The summed E-state index contributed by atoms with van der Waals surface area (Å²) in [5.41, 5.74) is 0. The summed E-state index contributed by atoms with van der Waals surface area (Å²) in [4.78, 5) is 0. The quantitative estimate of drug-likeness (QED) is 0.505. The molecular formula is C12H24N+. The largest absolute Gasteiger partial charge is 0.319 e. The number of rotatable bonds is 0. The Balaban J connectivity index is 2.16. The lowest BCUT2D eigenvalue weighted by Crippen LogP contribution is -2.61. The predicted molar refractivity (Wildman–Crippen MR) is 56.6 cm³/mol. The van der Waals surface area contributed by atoms with E-state index in [-0.39, 0.29) is 0 Å². The highest BCUT2D eigenvalue weighted by Gasteiger charge is 2.45. The lowest BCUT2D eigenvalue weighted by molar-refractivity contribution is -0.965. The molecule has 1 heteroatoms. The third-order valence-corrected chi connectivity index (χ3v) is 4.64. The van der Waals surface area contributed by atoms with Gasteiger partial charge in [-0.2, -0.15) is 0 Å². The van der Waals surface area contributed by atoms with E-state index in [1.807, 2.05) is 0 Å². The molecule has 2 rings (SSSR count). The molecule has 2 fully saturated rings. The molecule has 2 saturated heterocycles. The maximum atomic E-state index is 2.48. The van der Waals surface area contributed by atoms with Gasteiger partial charge in [-0.05, 0) is 19.8 Å². The normalized spacial score (nSPS) is 44.1. The molecule has 2 unspecified atom stereocenters. The monoisotopic (exact) mass is 182 g/mol. The fourth-order valence-electron chi connectivity index (χ4n) is 3.92. The Labute approximate surface area is 82.7 Å². The van der Waals surface area contributed by atoms with Crippen LogP contribution in [0.4, 0.5) is 0 Å². The van der Waals surface area contributed by atoms with E-state index in [9.17, 15) is 0 Å². The van der Waals surface area contributed by atoms with Crippen LogP contribution in [-0.2, 0) is 0 Å². The van der Waals surface area contributed by atoms with E-state index in [0.29, 0.717) is 0 Å². The molecule has 0 radical (unpaired) electrons. The summed E-state index contributed by atoms with van der Waals surface area (Å²) in [6, 6.07) is 1.86. The Hall–Kier alpha value is -0.0400. The maximum absolute atomic E-state index is 2.48. The minimum atomic E-state index is 0.932. The van der Waals surface area contributed by atoms with Crippen LogP contribution in [-0.4, -0.2) is 29.7 Å². The number of hydrogen-bond acceptors (Lipinski definition) is 0. The molecule has 1 spiro atoms. The molecule has 0 aromatic carbocycles. The Morgan fingerprint density at radius 3 is 1.77 bits per heavy atom. The molecular weight excluding hydrogens is 158 g/mol. The van der Waals surface area contributed by atoms with Gasteiger partial charge in [0.25, 0.3) is 0 Å². The van der Waals surface area contributed by atoms with E-state index in [0.717, 1.165) is 18.0 Å². The fraction of sp³-hybridized carbons (Fsp3) is 1.00. The predicted octanol–water partition coefficient (Wildman–Crippen LogP) is 2.80. The summed E-state index contributed by atoms with van der Waals surface area (Å²) in [5.74, 6) is 0.967. The van der Waals surface area contributed by atoms with Crippen molar-refractivity contribution < 1.29 is 4.48 Å². The Morgan fingerprint density at radius 2 is 1.31 bits per heavy atom. The van der Waals surface area contributed by atoms with Crippen LogP contribution >= 0.6 is 0 Å². The van der Waals surface area contributed by atoms with Gasteiger partial charge in [-0.25, -0.2) is 0 Å². The Bertz CT molecular complexity index is 168. The van der Waals surface area contributed by atoms with Crippen molar-refractivity contribution in [3.63, 3.8) is 0 Å². The molecule has 0 aliphatic carbocycles. The summed E-state index contributed by atoms with van der Waals surface area (Å²) < 4.78 is 1.46. The summed E-state index contributed by atoms with van der Waals surface area (Å²) in [5, 5.41) is 0. The summed E-state index contributed by atoms with van der Waals surface area (Å²) in [6.45, 7) is 10.3.